The van der Waals surface area contributed by atoms with Crippen LogP contribution in [0.5, 0.6) is 0 Å². The molecule has 10 aromatic rings. The molecule has 0 atom stereocenters. The van der Waals surface area contributed by atoms with Crippen molar-refractivity contribution in [2.75, 3.05) is 0 Å². The van der Waals surface area contributed by atoms with E-state index in [1.54, 1.807) is 18.2 Å². The van der Waals surface area contributed by atoms with Gasteiger partial charge >= 0.3 is 0 Å². The Hall–Kier alpha value is -6.38. The fourth-order valence-electron chi connectivity index (χ4n) is 6.74. The Morgan fingerprint density at radius 3 is 1.50 bits per heavy atom. The van der Waals surface area contributed by atoms with Crippen LogP contribution >= 0.6 is 0 Å². The third kappa shape index (κ3) is 4.06. The number of hydrogen-bond donors (Lipinski definition) is 0. The molecule has 0 spiro atoms. The highest BCUT2D eigenvalue weighted by atomic mass is 16.3. The SMILES string of the molecule is [2H]c1c([2H])c([2H])c(-c2c3c([2H])c([2H])c([2H])c([2H])c3c(-c3ccc4oc5cc6c(-c7ccccc7)c(-c7ccccc7)oc6cc5c4c3)c3c([2H])c([2H])c([2H])c([2H])c23)c([2H])c1[2H]. The molecule has 0 saturated heterocycles. The molecular weight excluding hydrogens is 585 g/mol. The molecule has 0 saturated carbocycles. The van der Waals surface area contributed by atoms with Gasteiger partial charge in [0.2, 0.25) is 0 Å². The minimum Gasteiger partial charge on any atom is -0.456 e. The maximum atomic E-state index is 9.30. The molecule has 2 heterocycles. The maximum absolute atomic E-state index is 9.30. The van der Waals surface area contributed by atoms with Crippen LogP contribution in [0.15, 0.2) is 178 Å². The normalized spacial score (nSPS) is 15.5. The van der Waals surface area contributed by atoms with E-state index in [1.807, 2.05) is 72.8 Å². The van der Waals surface area contributed by atoms with Gasteiger partial charge in [0.1, 0.15) is 22.5 Å². The molecule has 0 unspecified atom stereocenters. The minimum atomic E-state index is -0.724. The second-order valence-corrected chi connectivity index (χ2v) is 11.4. The van der Waals surface area contributed by atoms with Crippen molar-refractivity contribution in [2.45, 2.75) is 0 Å². The summed E-state index contributed by atoms with van der Waals surface area (Å²) in [6.45, 7) is 0. The van der Waals surface area contributed by atoms with E-state index in [-0.39, 0.29) is 32.7 Å². The van der Waals surface area contributed by atoms with Crippen LogP contribution in [0.4, 0.5) is 0 Å². The van der Waals surface area contributed by atoms with Crippen LogP contribution in [-0.4, -0.2) is 0 Å². The van der Waals surface area contributed by atoms with E-state index in [0.29, 0.717) is 38.8 Å². The zero-order valence-electron chi connectivity index (χ0n) is 38.0. The number of fused-ring (bicyclic) bond motifs is 6. The van der Waals surface area contributed by atoms with E-state index in [9.17, 15) is 5.48 Å². The van der Waals surface area contributed by atoms with Crippen molar-refractivity contribution in [3.05, 3.63) is 170 Å². The molecular formula is C46H28O2. The van der Waals surface area contributed by atoms with E-state index in [2.05, 4.69) is 0 Å². The maximum Gasteiger partial charge on any atom is 0.143 e. The fourth-order valence-corrected chi connectivity index (χ4v) is 6.74. The summed E-state index contributed by atoms with van der Waals surface area (Å²) in [5.74, 6) is 0.667. The first kappa shape index (κ1) is 17.0. The van der Waals surface area contributed by atoms with Gasteiger partial charge in [0.15, 0.2) is 0 Å². The standard InChI is InChI=1S/C46H28O2/c1-4-14-29(15-5-1)43-33-20-10-12-22-35(33)44(36-23-13-11-21-34(36)43)32-24-25-40-37(26-32)38-27-42-39(28-41(38)47-40)45(30-16-6-2-7-17-30)46(48-42)31-18-8-3-9-19-31/h1-28H/i1D,4D,5D,10D,11D,12D,13D,14D,15D,20D,21D,22D,23D. The van der Waals surface area contributed by atoms with Gasteiger partial charge in [-0.3, -0.25) is 0 Å². The monoisotopic (exact) mass is 625 g/mol. The second-order valence-electron chi connectivity index (χ2n) is 11.4. The van der Waals surface area contributed by atoms with Gasteiger partial charge < -0.3 is 8.83 Å². The van der Waals surface area contributed by atoms with Crippen LogP contribution < -0.4 is 0 Å². The average Bonchev–Trinajstić information content (AvgIpc) is 3.83. The first-order valence-electron chi connectivity index (χ1n) is 21.8. The molecule has 2 aromatic heterocycles. The van der Waals surface area contributed by atoms with Crippen molar-refractivity contribution in [1.29, 1.82) is 0 Å². The van der Waals surface area contributed by atoms with Crippen LogP contribution in [0.3, 0.4) is 0 Å². The molecule has 0 radical (unpaired) electrons. The molecule has 0 bridgehead atoms. The third-order valence-corrected chi connectivity index (χ3v) is 8.79. The summed E-state index contributed by atoms with van der Waals surface area (Å²) in [7, 11) is 0. The Morgan fingerprint density at radius 1 is 0.333 bits per heavy atom. The Kier molecular flexibility index (Phi) is 3.74. The molecule has 8 aromatic carbocycles. The zero-order chi connectivity index (χ0) is 42.9. The van der Waals surface area contributed by atoms with Crippen molar-refractivity contribution in [3.8, 4) is 44.7 Å². The van der Waals surface area contributed by atoms with Gasteiger partial charge in [0.25, 0.3) is 0 Å². The molecule has 224 valence electrons. The number of hydrogen-bond acceptors (Lipinski definition) is 2. The van der Waals surface area contributed by atoms with Crippen LogP contribution in [-0.2, 0) is 0 Å². The summed E-state index contributed by atoms with van der Waals surface area (Å²) in [6.07, 6.45) is 0. The van der Waals surface area contributed by atoms with Gasteiger partial charge in [-0.1, -0.05) is 145 Å². The number of rotatable bonds is 4. The first-order chi connectivity index (χ1) is 29.2. The molecule has 2 nitrogen and oxygen atoms in total. The van der Waals surface area contributed by atoms with Crippen LogP contribution in [0.1, 0.15) is 17.8 Å². The molecule has 0 aliphatic carbocycles. The lowest BCUT2D eigenvalue weighted by Crippen LogP contribution is -1.90. The molecule has 0 aliphatic rings. The van der Waals surface area contributed by atoms with Crippen molar-refractivity contribution >= 4 is 54.5 Å². The molecule has 0 fully saturated rings. The van der Waals surface area contributed by atoms with E-state index in [0.717, 1.165) is 22.1 Å². The zero-order valence-corrected chi connectivity index (χ0v) is 25.0. The molecule has 0 amide bonds. The van der Waals surface area contributed by atoms with Crippen LogP contribution in [0.2, 0.25) is 0 Å². The van der Waals surface area contributed by atoms with E-state index in [1.165, 1.54) is 0 Å². The van der Waals surface area contributed by atoms with Crippen molar-refractivity contribution in [3.63, 3.8) is 0 Å². The molecule has 0 N–H and O–H groups in total. The van der Waals surface area contributed by atoms with Gasteiger partial charge in [-0.15, -0.1) is 0 Å². The van der Waals surface area contributed by atoms with Gasteiger partial charge in [-0.2, -0.15) is 0 Å². The van der Waals surface area contributed by atoms with E-state index >= 15 is 0 Å². The van der Waals surface area contributed by atoms with Crippen LogP contribution in [0.25, 0.3) is 99.2 Å². The van der Waals surface area contributed by atoms with Gasteiger partial charge in [0.05, 0.1) is 17.8 Å². The summed E-state index contributed by atoms with van der Waals surface area (Å²) in [5.41, 5.74) is 3.80. The highest BCUT2D eigenvalue weighted by Gasteiger charge is 2.21. The molecule has 10 rings (SSSR count). The Labute approximate surface area is 295 Å². The third-order valence-electron chi connectivity index (χ3n) is 8.79. The van der Waals surface area contributed by atoms with Crippen LogP contribution in [0, 0.1) is 0 Å². The van der Waals surface area contributed by atoms with Gasteiger partial charge in [-0.25, -0.2) is 0 Å². The topological polar surface area (TPSA) is 26.3 Å². The summed E-state index contributed by atoms with van der Waals surface area (Å²) in [4.78, 5) is 0. The Morgan fingerprint density at radius 2 is 0.854 bits per heavy atom. The summed E-state index contributed by atoms with van der Waals surface area (Å²) in [6, 6.07) is 19.9. The predicted octanol–water partition coefficient (Wildman–Crippen LogP) is 13.3. The van der Waals surface area contributed by atoms with Crippen molar-refractivity contribution in [1.82, 2.24) is 0 Å². The summed E-state index contributed by atoms with van der Waals surface area (Å²) in [5, 5.41) is 1.17. The largest absolute Gasteiger partial charge is 0.456 e. The highest BCUT2D eigenvalue weighted by Crippen LogP contribution is 2.46. The second kappa shape index (κ2) is 10.6. The Balaban J connectivity index is 1.35. The fraction of sp³-hybridized carbons (Fsp3) is 0. The first-order valence-corrected chi connectivity index (χ1v) is 15.3. The number of benzene rings is 8. The lowest BCUT2D eigenvalue weighted by Gasteiger charge is -2.17. The molecule has 48 heavy (non-hydrogen) atoms. The van der Waals surface area contributed by atoms with Crippen molar-refractivity contribution in [2.24, 2.45) is 0 Å². The summed E-state index contributed by atoms with van der Waals surface area (Å²) >= 11 is 0. The van der Waals surface area contributed by atoms with Gasteiger partial charge in [-0.05, 0) is 73.6 Å². The molecule has 2 heteroatoms. The smallest absolute Gasteiger partial charge is 0.143 e. The van der Waals surface area contributed by atoms with Crippen molar-refractivity contribution < 1.29 is 26.7 Å². The quantitative estimate of drug-likeness (QED) is 0.182. The minimum absolute atomic E-state index is 0.0353. The van der Waals surface area contributed by atoms with E-state index in [4.69, 9.17) is 21.2 Å². The average molecular weight is 626 g/mol. The lowest BCUT2D eigenvalue weighted by atomic mass is 9.86. The lowest BCUT2D eigenvalue weighted by molar-refractivity contribution is 0.632. The predicted molar refractivity (Wildman–Crippen MR) is 200 cm³/mol. The van der Waals surface area contributed by atoms with E-state index < -0.39 is 84.1 Å². The molecule has 0 aliphatic heterocycles. The summed E-state index contributed by atoms with van der Waals surface area (Å²) < 4.78 is 128. The Bertz CT molecular complexity index is 3450. The van der Waals surface area contributed by atoms with Gasteiger partial charge in [0, 0.05) is 27.3 Å². The highest BCUT2D eigenvalue weighted by molar-refractivity contribution is 6.22. The number of furan rings is 2.